The Morgan fingerprint density at radius 3 is 1.67 bits per heavy atom. The minimum absolute atomic E-state index is 0. The first kappa shape index (κ1) is 47.3. The summed E-state index contributed by atoms with van der Waals surface area (Å²) in [7, 11) is -4.51. The minimum atomic E-state index is -4.36. The van der Waals surface area contributed by atoms with Crippen molar-refractivity contribution in [3.8, 4) is 0 Å². The summed E-state index contributed by atoms with van der Waals surface area (Å²) in [6.45, 7) is 9.02. The number of thiol groups is 1. The van der Waals surface area contributed by atoms with Crippen LogP contribution in [0.5, 0.6) is 0 Å². The highest BCUT2D eigenvalue weighted by molar-refractivity contribution is 7.98. The van der Waals surface area contributed by atoms with Crippen LogP contribution in [0.25, 0.3) is 0 Å². The highest BCUT2D eigenvalue weighted by Gasteiger charge is 2.30. The highest BCUT2D eigenvalue weighted by Crippen LogP contribution is 2.36. The van der Waals surface area contributed by atoms with Gasteiger partial charge in [-0.2, -0.15) is 25.8 Å². The van der Waals surface area contributed by atoms with Gasteiger partial charge < -0.3 is 19.8 Å². The third-order valence-corrected chi connectivity index (χ3v) is 12.4. The molecule has 2 N–H and O–H groups in total. The zero-order valence-corrected chi connectivity index (χ0v) is 35.6. The molecule has 0 fully saturated rings. The molecule has 6 aromatic rings. The molecular formula is C41H46ClF3N6O2P2S2. The standard InChI is InChI=1S/C20H19F3N3OPS.C12H13ClN3OP.C8H10S.CH4/c1-28(2,27)17-8-6-16(7-9-17)26-18-11-19(25-13-24-18)29-12-14-4-3-5-15(10-14)20(21,22)23;1-18(2,17)10-5-3-9(4-6-10)16-12-7-11(13)14-8-15-12;1-7-3-2-4-8(5-7)6-9;/h3-11,13H,12H2,1-2H3,(H,24,25,26);3-8H,1-2H3,(H,14,15,16);2-5,9H,6H2,1H3;1H4. The topological polar surface area (TPSA) is 110 Å². The Morgan fingerprint density at radius 2 is 1.19 bits per heavy atom. The van der Waals surface area contributed by atoms with Gasteiger partial charge in [-0.15, -0.1) is 11.8 Å². The van der Waals surface area contributed by atoms with E-state index in [9.17, 15) is 22.3 Å². The summed E-state index contributed by atoms with van der Waals surface area (Å²) in [4.78, 5) is 16.2. The molecule has 2 heterocycles. The maximum Gasteiger partial charge on any atom is 0.416 e. The van der Waals surface area contributed by atoms with Crippen LogP contribution in [0, 0.1) is 6.92 Å². The van der Waals surface area contributed by atoms with Crippen molar-refractivity contribution in [2.75, 3.05) is 37.3 Å². The van der Waals surface area contributed by atoms with E-state index in [0.29, 0.717) is 33.1 Å². The van der Waals surface area contributed by atoms with Crippen LogP contribution in [0.3, 0.4) is 0 Å². The lowest BCUT2D eigenvalue weighted by Crippen LogP contribution is -2.05. The van der Waals surface area contributed by atoms with Crippen LogP contribution in [-0.4, -0.2) is 46.6 Å². The van der Waals surface area contributed by atoms with Crippen molar-refractivity contribution in [3.05, 3.63) is 149 Å². The third-order valence-electron chi connectivity index (χ3n) is 7.70. The summed E-state index contributed by atoms with van der Waals surface area (Å²) < 4.78 is 62.5. The Kier molecular flexibility index (Phi) is 17.9. The molecule has 302 valence electrons. The van der Waals surface area contributed by atoms with Gasteiger partial charge in [0.25, 0.3) is 0 Å². The molecule has 4 aromatic carbocycles. The number of aromatic nitrogens is 4. The zero-order valence-electron chi connectivity index (χ0n) is 31.3. The molecule has 0 bridgehead atoms. The van der Waals surface area contributed by atoms with Crippen LogP contribution in [-0.2, 0) is 26.8 Å². The summed E-state index contributed by atoms with van der Waals surface area (Å²) in [6.07, 6.45) is -1.56. The van der Waals surface area contributed by atoms with Gasteiger partial charge in [-0.3, -0.25) is 0 Å². The van der Waals surface area contributed by atoms with Crippen LogP contribution in [0.2, 0.25) is 5.15 Å². The third kappa shape index (κ3) is 16.3. The normalized spacial score (nSPS) is 11.2. The smallest absolute Gasteiger partial charge is 0.340 e. The fraction of sp³-hybridized carbons (Fsp3) is 0.220. The quantitative estimate of drug-likeness (QED) is 0.0536. The first-order chi connectivity index (χ1) is 26.4. The molecule has 0 unspecified atom stereocenters. The van der Waals surface area contributed by atoms with E-state index in [1.165, 1.54) is 41.6 Å². The number of halogens is 4. The molecule has 16 heteroatoms. The monoisotopic (exact) mass is 872 g/mol. The number of aryl methyl sites for hydroxylation is 1. The number of anilines is 4. The van der Waals surface area contributed by atoms with Gasteiger partial charge in [0, 0.05) is 45.6 Å². The summed E-state index contributed by atoms with van der Waals surface area (Å²) in [5.41, 5.74) is 4.15. The number of benzene rings is 4. The van der Waals surface area contributed by atoms with Crippen LogP contribution < -0.4 is 21.2 Å². The van der Waals surface area contributed by atoms with Crippen LogP contribution in [0.4, 0.5) is 36.2 Å². The Morgan fingerprint density at radius 1 is 0.684 bits per heavy atom. The molecule has 0 radical (unpaired) electrons. The Labute approximate surface area is 348 Å². The number of hydrogen-bond acceptors (Lipinski definition) is 10. The van der Waals surface area contributed by atoms with E-state index in [1.54, 1.807) is 44.9 Å². The number of hydrogen-bond donors (Lipinski definition) is 3. The van der Waals surface area contributed by atoms with Crippen molar-refractivity contribution in [1.82, 2.24) is 19.9 Å². The molecule has 6 rings (SSSR count). The molecule has 2 aromatic heterocycles. The SMILES string of the molecule is C.CP(C)(=O)c1ccc(Nc2cc(Cl)ncn2)cc1.CP(C)(=O)c1ccc(Nc2cc(SCc3cccc(C(F)(F)F)c3)ncn2)cc1.Cc1cccc(CS)c1. The zero-order chi connectivity index (χ0) is 40.9. The minimum Gasteiger partial charge on any atom is -0.340 e. The second kappa shape index (κ2) is 21.6. The second-order valence-corrected chi connectivity index (χ2v) is 21.3. The summed E-state index contributed by atoms with van der Waals surface area (Å²) in [5, 5.41) is 8.92. The largest absolute Gasteiger partial charge is 0.416 e. The lowest BCUT2D eigenvalue weighted by Gasteiger charge is -2.10. The van der Waals surface area contributed by atoms with E-state index >= 15 is 0 Å². The lowest BCUT2D eigenvalue weighted by atomic mass is 10.1. The van der Waals surface area contributed by atoms with Gasteiger partial charge in [-0.1, -0.05) is 67.1 Å². The van der Waals surface area contributed by atoms with E-state index < -0.39 is 26.0 Å². The number of rotatable bonds is 10. The summed E-state index contributed by atoms with van der Waals surface area (Å²) >= 11 is 11.3. The number of thioether (sulfide) groups is 1. The fourth-order valence-corrected chi connectivity index (χ4v) is 7.69. The van der Waals surface area contributed by atoms with Crippen LogP contribution >= 0.6 is 50.3 Å². The molecule has 0 aliphatic carbocycles. The second-order valence-electron chi connectivity index (χ2n) is 13.1. The first-order valence-electron chi connectivity index (χ1n) is 17.0. The Balaban J connectivity index is 0.000000263. The first-order valence-corrected chi connectivity index (χ1v) is 24.2. The van der Waals surface area contributed by atoms with Crippen molar-refractivity contribution in [2.45, 2.75) is 37.1 Å². The maximum absolute atomic E-state index is 12.8. The van der Waals surface area contributed by atoms with E-state index in [4.69, 9.17) is 11.6 Å². The van der Waals surface area contributed by atoms with E-state index in [2.05, 4.69) is 74.4 Å². The van der Waals surface area contributed by atoms with Crippen molar-refractivity contribution in [2.24, 2.45) is 0 Å². The molecule has 0 aliphatic rings. The van der Waals surface area contributed by atoms with Crippen molar-refractivity contribution in [3.63, 3.8) is 0 Å². The molecule has 0 spiro atoms. The van der Waals surface area contributed by atoms with Gasteiger partial charge in [-0.25, -0.2) is 19.9 Å². The van der Waals surface area contributed by atoms with Crippen molar-refractivity contribution in [1.29, 1.82) is 0 Å². The molecule has 0 saturated heterocycles. The van der Waals surface area contributed by atoms with Crippen LogP contribution in [0.15, 0.2) is 127 Å². The number of nitrogens with zero attached hydrogens (tertiary/aromatic N) is 4. The predicted octanol–water partition coefficient (Wildman–Crippen LogP) is 12.0. The van der Waals surface area contributed by atoms with Gasteiger partial charge in [0.05, 0.1) is 5.56 Å². The van der Waals surface area contributed by atoms with Gasteiger partial charge >= 0.3 is 6.18 Å². The molecule has 0 saturated carbocycles. The summed E-state index contributed by atoms with van der Waals surface area (Å²) in [5.74, 6) is 2.38. The van der Waals surface area contributed by atoms with Gasteiger partial charge in [0.15, 0.2) is 0 Å². The molecule has 0 amide bonds. The molecular weight excluding hydrogens is 827 g/mol. The predicted molar refractivity (Wildman–Crippen MR) is 238 cm³/mol. The fourth-order valence-electron chi connectivity index (χ4n) is 4.80. The maximum atomic E-state index is 12.8. The van der Waals surface area contributed by atoms with Crippen molar-refractivity contribution < 1.29 is 22.3 Å². The average Bonchev–Trinajstić information content (AvgIpc) is 3.14. The highest BCUT2D eigenvalue weighted by atomic mass is 35.5. The molecule has 0 aliphatic heterocycles. The van der Waals surface area contributed by atoms with Gasteiger partial charge in [0.1, 0.15) is 48.8 Å². The average molecular weight is 873 g/mol. The lowest BCUT2D eigenvalue weighted by molar-refractivity contribution is -0.137. The Hall–Kier alpha value is -4.12. The Bertz CT molecular complexity index is 2290. The number of alkyl halides is 3. The molecule has 0 atom stereocenters. The molecule has 8 nitrogen and oxygen atoms in total. The van der Waals surface area contributed by atoms with E-state index in [0.717, 1.165) is 39.9 Å². The van der Waals surface area contributed by atoms with Gasteiger partial charge in [-0.05, 0) is 99.3 Å². The van der Waals surface area contributed by atoms with E-state index in [-0.39, 0.29) is 7.43 Å². The number of nitrogens with one attached hydrogen (secondary N) is 2. The van der Waals surface area contributed by atoms with Gasteiger partial charge in [0.2, 0.25) is 0 Å². The molecule has 57 heavy (non-hydrogen) atoms. The van der Waals surface area contributed by atoms with Crippen LogP contribution in [0.1, 0.15) is 29.7 Å². The van der Waals surface area contributed by atoms with E-state index in [1.807, 2.05) is 48.5 Å². The summed E-state index contributed by atoms with van der Waals surface area (Å²) in [6, 6.07) is 31.7. The van der Waals surface area contributed by atoms with Crippen molar-refractivity contribution >= 4 is 83.9 Å².